The second-order valence-corrected chi connectivity index (χ2v) is 29.2. The highest BCUT2D eigenvalue weighted by Gasteiger charge is 2.24. The number of methoxy groups -OCH3 is 4. The van der Waals surface area contributed by atoms with E-state index in [2.05, 4.69) is 117 Å². The topological polar surface area (TPSA) is 266 Å². The zero-order valence-electron chi connectivity index (χ0n) is 81.7. The monoisotopic (exact) mass is 1810 g/mol. The van der Waals surface area contributed by atoms with Gasteiger partial charge in [0.15, 0.2) is 0 Å². The Kier molecular flexibility index (Phi) is 116. The van der Waals surface area contributed by atoms with Gasteiger partial charge < -0.3 is 39.0 Å². The van der Waals surface area contributed by atoms with Gasteiger partial charge in [0.25, 0.3) is 5.91 Å². The molecule has 0 aromatic heterocycles. The van der Waals surface area contributed by atoms with E-state index in [0.717, 1.165) is 56.0 Å². The number of alkyl halides is 1. The smallest absolute Gasteiger partial charge is 0.454 e. The first kappa shape index (κ1) is 146. The van der Waals surface area contributed by atoms with Gasteiger partial charge in [-0.05, 0) is 134 Å². The Bertz CT molecular complexity index is 3350. The van der Waals surface area contributed by atoms with E-state index >= 15 is 0 Å². The molecule has 0 radical (unpaired) electrons. The molecular weight excluding hydrogens is 1640 g/mol. The number of rotatable bonds is 11. The summed E-state index contributed by atoms with van der Waals surface area (Å²) in [6, 6.07) is 45.0. The fraction of sp³-hybridized carbons (Fsp3) is 0.542. The molecule has 0 atom stereocenters. The molecule has 1 amide bonds. The molecule has 0 spiro atoms. The van der Waals surface area contributed by atoms with Gasteiger partial charge in [0.1, 0.15) is 6.29 Å². The van der Waals surface area contributed by atoms with Crippen molar-refractivity contribution in [2.75, 3.05) is 34.7 Å². The number of nitrogens with one attached hydrogen (secondary N) is 1. The van der Waals surface area contributed by atoms with Gasteiger partial charge in [-0.15, -0.1) is 0 Å². The first-order chi connectivity index (χ1) is 54.9. The van der Waals surface area contributed by atoms with E-state index in [-0.39, 0.29) is 57.7 Å². The van der Waals surface area contributed by atoms with Crippen molar-refractivity contribution in [2.24, 2.45) is 0 Å². The van der Waals surface area contributed by atoms with Gasteiger partial charge in [0.05, 0.1) is 56.9 Å². The van der Waals surface area contributed by atoms with Crippen molar-refractivity contribution >= 4 is 98.3 Å². The summed E-state index contributed by atoms with van der Waals surface area (Å²) in [5, 5.41) is 31.6. The number of aldehydes is 1. The second kappa shape index (κ2) is 93.8. The quantitative estimate of drug-likeness (QED) is 0.0202. The van der Waals surface area contributed by atoms with Crippen LogP contribution in [0.4, 0.5) is 0 Å². The molecule has 6 aromatic rings. The molecule has 5 N–H and O–H groups in total. The van der Waals surface area contributed by atoms with Crippen LogP contribution < -0.4 is 4.72 Å². The average molecular weight is 1810 g/mol. The second-order valence-electron chi connectivity index (χ2n) is 24.7. The number of halogens is 2. The summed E-state index contributed by atoms with van der Waals surface area (Å²) in [4.78, 5) is 67.3. The summed E-state index contributed by atoms with van der Waals surface area (Å²) in [7, 11) is -0.273. The number of sulfonamides is 1. The lowest BCUT2D eigenvalue weighted by atomic mass is 9.76. The summed E-state index contributed by atoms with van der Waals surface area (Å²) >= 11 is 6.76. The van der Waals surface area contributed by atoms with Crippen LogP contribution in [-0.4, -0.2) is 114 Å². The molecule has 0 aliphatic rings. The molecule has 17 nitrogen and oxygen atoms in total. The predicted octanol–water partition coefficient (Wildman–Crippen LogP) is 27.5. The van der Waals surface area contributed by atoms with Crippen molar-refractivity contribution in [3.8, 4) is 0 Å². The lowest BCUT2D eigenvalue weighted by Gasteiger charge is -2.21. The van der Waals surface area contributed by atoms with Gasteiger partial charge >= 0.3 is 38.1 Å². The third-order valence-electron chi connectivity index (χ3n) is 12.3. The van der Waals surface area contributed by atoms with Gasteiger partial charge in [-0.25, -0.2) is 32.3 Å². The molecule has 684 valence electrons. The Morgan fingerprint density at radius 1 is 0.407 bits per heavy atom. The van der Waals surface area contributed by atoms with Crippen LogP contribution in [0.15, 0.2) is 156 Å². The van der Waals surface area contributed by atoms with Crippen LogP contribution in [0, 0.1) is 0 Å². The maximum absolute atomic E-state index is 11.5. The van der Waals surface area contributed by atoms with Gasteiger partial charge in [-0.2, -0.15) is 0 Å². The molecule has 0 aliphatic heterocycles. The number of hydrogen-bond acceptors (Lipinski definition) is 16. The van der Waals surface area contributed by atoms with E-state index in [1.165, 1.54) is 41.3 Å². The van der Waals surface area contributed by atoms with Crippen LogP contribution in [0.3, 0.4) is 0 Å². The zero-order chi connectivity index (χ0) is 96.3. The Morgan fingerprint density at radius 2 is 0.644 bits per heavy atom. The first-order valence-electron chi connectivity index (χ1n) is 41.5. The zero-order valence-corrected chi connectivity index (χ0v) is 85.7. The minimum atomic E-state index is -3.52. The number of esters is 4. The SMILES string of the molecule is C.CB(O)O.CC.CC.CC.CC.CC.CC.CC.CC.CC.CC.CC.CC.CC(C)(C)c1ccccc1/C=C/C(=O)NS(C)(=O)=O.CC(C)(C)c1ccccc1C=O.CC(C)B(O)O.COC(=O)c1ccccc1Br.COC(=O)c1ccccc1C(C)(C)Br.COC(=O)c1ccccc1C(C)(C)C.COC(=O)c1ccccc1C(C)C. The minimum Gasteiger partial charge on any atom is -0.465 e. The number of ether oxygens (including phenoxy) is 4. The predicted molar refractivity (Wildman–Crippen MR) is 526 cm³/mol. The van der Waals surface area contributed by atoms with Crippen LogP contribution in [-0.2, 0) is 54.3 Å². The van der Waals surface area contributed by atoms with Gasteiger partial charge in [0.2, 0.25) is 10.0 Å². The van der Waals surface area contributed by atoms with Crippen LogP contribution in [0.25, 0.3) is 6.08 Å². The Balaban J connectivity index is -0.0000000773. The Labute approximate surface area is 742 Å². The van der Waals surface area contributed by atoms with Crippen molar-refractivity contribution < 1.29 is 76.2 Å². The average Bonchev–Trinajstić information content (AvgIpc) is 0.829. The van der Waals surface area contributed by atoms with E-state index < -0.39 is 30.2 Å². The fourth-order valence-electron chi connectivity index (χ4n) is 7.74. The van der Waals surface area contributed by atoms with Crippen molar-refractivity contribution in [1.29, 1.82) is 0 Å². The molecule has 0 saturated carbocycles. The molecule has 0 heterocycles. The summed E-state index contributed by atoms with van der Waals surface area (Å²) in [5.41, 5.74) is 9.35. The standard InChI is InChI=1S/C14H19NO3S.C12H16O2.C11H13BrO2.C11H14O2.C11H14O.C8H7BrO2.C3H9BO2.12C2H6.CH5BO2.CH4/c1-14(2,3)12-8-6-5-7-11(12)9-10-13(16)15-19(4,17)18;1-12(2,3)10-8-6-5-7-9(10)11(13)14-4;1-11(2,12)9-7-5-4-6-8(9)10(13)14-3;1-8(2)9-6-4-5-7-10(9)11(12)13-3;1-11(2,3)10-7-5-4-6-9(10)8-12;1-11-8(10)6-4-2-3-5-7(6)9;1-3(2)4(5)6;12*1-2;1-2(3)4;/h5-10H,1-4H3,(H,15,16);5-8H,1-4H3;4-7H,1-3H3;4-8H,1-3H3;4-8H,1-3H3;2-5H,1H3;3,5-6H,1-2H3;12*1-2H3;3-4H,1H3;1H4/b10-9+;;;;;;;;;;;;;;;;;;;;. The van der Waals surface area contributed by atoms with Gasteiger partial charge in [-0.3, -0.25) is 9.59 Å². The summed E-state index contributed by atoms with van der Waals surface area (Å²) in [5.74, 6) is -1.49. The molecular formula is C96H173B2Br2NO16S. The van der Waals surface area contributed by atoms with Gasteiger partial charge in [0, 0.05) is 20.4 Å². The molecule has 22 heteroatoms. The van der Waals surface area contributed by atoms with Crippen molar-refractivity contribution in [1.82, 2.24) is 4.72 Å². The van der Waals surface area contributed by atoms with E-state index in [4.69, 9.17) is 29.6 Å². The molecule has 6 aromatic carbocycles. The number of amides is 1. The van der Waals surface area contributed by atoms with E-state index in [1.807, 2.05) is 294 Å². The number of carbonyl (C=O) groups excluding carboxylic acids is 6. The van der Waals surface area contributed by atoms with Crippen LogP contribution in [0.5, 0.6) is 0 Å². The van der Waals surface area contributed by atoms with E-state index in [9.17, 15) is 37.2 Å². The molecule has 0 saturated heterocycles. The van der Waals surface area contributed by atoms with Crippen LogP contribution in [0.1, 0.15) is 369 Å². The molecule has 6 rings (SSSR count). The third kappa shape index (κ3) is 78.8. The minimum absolute atomic E-state index is 0. The highest BCUT2D eigenvalue weighted by Crippen LogP contribution is 2.33. The van der Waals surface area contributed by atoms with Crippen molar-refractivity contribution in [3.05, 3.63) is 217 Å². The van der Waals surface area contributed by atoms with Crippen LogP contribution in [0.2, 0.25) is 12.6 Å². The maximum atomic E-state index is 11.5. The lowest BCUT2D eigenvalue weighted by Crippen LogP contribution is -2.27. The summed E-state index contributed by atoms with van der Waals surface area (Å²) in [6.45, 7) is 79.7. The Hall–Kier alpha value is -7.04. The summed E-state index contributed by atoms with van der Waals surface area (Å²) < 4.78 is 42.9. The molecule has 0 aliphatic carbocycles. The molecule has 0 fully saturated rings. The first-order valence-corrected chi connectivity index (χ1v) is 45.0. The van der Waals surface area contributed by atoms with E-state index in [0.29, 0.717) is 28.2 Å². The third-order valence-corrected chi connectivity index (χ3v) is 14.0. The number of benzene rings is 6. The highest BCUT2D eigenvalue weighted by atomic mass is 79.9. The highest BCUT2D eigenvalue weighted by molar-refractivity contribution is 9.10. The molecule has 118 heavy (non-hydrogen) atoms. The summed E-state index contributed by atoms with van der Waals surface area (Å²) in [6.07, 6.45) is 4.72. The fourth-order valence-corrected chi connectivity index (χ4v) is 8.96. The van der Waals surface area contributed by atoms with E-state index in [1.54, 1.807) is 56.3 Å². The van der Waals surface area contributed by atoms with Crippen LogP contribution >= 0.6 is 31.9 Å². The largest absolute Gasteiger partial charge is 0.465 e. The molecule has 0 bridgehead atoms. The number of hydrogen-bond donors (Lipinski definition) is 5. The van der Waals surface area contributed by atoms with Gasteiger partial charge in [-0.1, -0.05) is 395 Å². The number of carbonyl (C=O) groups is 6. The Morgan fingerprint density at radius 3 is 0.915 bits per heavy atom. The lowest BCUT2D eigenvalue weighted by molar-refractivity contribution is -0.114. The molecule has 0 unspecified atom stereocenters. The normalized spacial score (nSPS) is 9.13. The van der Waals surface area contributed by atoms with Crippen molar-refractivity contribution in [2.45, 2.75) is 317 Å². The maximum Gasteiger partial charge on any atom is 0.454 e. The van der Waals surface area contributed by atoms with Crippen molar-refractivity contribution in [3.63, 3.8) is 0 Å².